The molecule has 0 spiro atoms. The van der Waals surface area contributed by atoms with Crippen molar-refractivity contribution in [3.63, 3.8) is 0 Å². The van der Waals surface area contributed by atoms with Crippen LogP contribution in [0, 0.1) is 5.92 Å². The highest BCUT2D eigenvalue weighted by molar-refractivity contribution is 6.05. The lowest BCUT2D eigenvalue weighted by Crippen LogP contribution is -2.42. The van der Waals surface area contributed by atoms with Crippen LogP contribution in [0.25, 0.3) is 11.1 Å². The molecular weight excluding hydrogens is 504 g/mol. The number of fused-ring (bicyclic) bond motifs is 3. The second-order valence-corrected chi connectivity index (χ2v) is 11.8. The summed E-state index contributed by atoms with van der Waals surface area (Å²) in [6.07, 6.45) is 3.22. The van der Waals surface area contributed by atoms with Crippen LogP contribution in [0.5, 0.6) is 0 Å². The number of carbonyl (C=O) groups excluding carboxylic acids is 2. The molecule has 4 heteroatoms. The van der Waals surface area contributed by atoms with Crippen LogP contribution in [0.15, 0.2) is 97.1 Å². The lowest BCUT2D eigenvalue weighted by molar-refractivity contribution is -0.124. The van der Waals surface area contributed by atoms with Crippen molar-refractivity contribution in [2.24, 2.45) is 5.92 Å². The normalized spacial score (nSPS) is 15.3. The minimum atomic E-state index is -0.125. The zero-order valence-corrected chi connectivity index (χ0v) is 24.0. The summed E-state index contributed by atoms with van der Waals surface area (Å²) in [5, 5.41) is 3.15. The number of carbonyl (C=O) groups is 2. The van der Waals surface area contributed by atoms with Crippen molar-refractivity contribution in [1.29, 1.82) is 0 Å². The van der Waals surface area contributed by atoms with Crippen molar-refractivity contribution in [3.8, 4) is 11.1 Å². The molecule has 0 aromatic heterocycles. The molecular formula is C37H38N2O2. The molecule has 1 saturated heterocycles. The van der Waals surface area contributed by atoms with E-state index in [1.54, 1.807) is 0 Å². The van der Waals surface area contributed by atoms with Crippen LogP contribution >= 0.6 is 0 Å². The summed E-state index contributed by atoms with van der Waals surface area (Å²) in [5.74, 6) is 0.479. The maximum Gasteiger partial charge on any atom is 0.228 e. The number of ketones is 1. The molecule has 41 heavy (non-hydrogen) atoms. The quantitative estimate of drug-likeness (QED) is 0.211. The van der Waals surface area contributed by atoms with Crippen LogP contribution in [-0.2, 0) is 17.6 Å². The van der Waals surface area contributed by atoms with Crippen molar-refractivity contribution in [1.82, 2.24) is 5.32 Å². The van der Waals surface area contributed by atoms with Crippen molar-refractivity contribution >= 4 is 17.4 Å². The van der Waals surface area contributed by atoms with Crippen molar-refractivity contribution in [3.05, 3.63) is 125 Å². The molecule has 4 nitrogen and oxygen atoms in total. The Morgan fingerprint density at radius 1 is 0.805 bits per heavy atom. The highest BCUT2D eigenvalue weighted by Gasteiger charge is 2.33. The van der Waals surface area contributed by atoms with E-state index >= 15 is 0 Å². The van der Waals surface area contributed by atoms with Gasteiger partial charge in [0.05, 0.1) is 5.92 Å². The molecule has 208 valence electrons. The summed E-state index contributed by atoms with van der Waals surface area (Å²) in [6, 6.07) is 33.4. The van der Waals surface area contributed by atoms with Crippen molar-refractivity contribution in [2.45, 2.75) is 51.5 Å². The first-order valence-electron chi connectivity index (χ1n) is 14.9. The topological polar surface area (TPSA) is 49.4 Å². The fourth-order valence-corrected chi connectivity index (χ4v) is 6.69. The standard InChI is InChI=1S/C37H38N2O2/c1-25(2)38-37(41)35(27-9-4-3-5-10-27)28-19-21-39(22-20-28)31-17-15-26(16-18-31)23-34(40)33-14-8-12-30-24-29-11-6-7-13-32(29)36(30)33/h3-18,25,28,35H,19-24H2,1-2H3,(H,38,41). The number of piperidine rings is 1. The molecule has 4 aromatic carbocycles. The predicted molar refractivity (Wildman–Crippen MR) is 167 cm³/mol. The minimum absolute atomic E-state index is 0.123. The summed E-state index contributed by atoms with van der Waals surface area (Å²) in [7, 11) is 0. The van der Waals surface area contributed by atoms with Gasteiger partial charge in [0.25, 0.3) is 0 Å². The van der Waals surface area contributed by atoms with Gasteiger partial charge in [0.1, 0.15) is 0 Å². The van der Waals surface area contributed by atoms with Gasteiger partial charge in [0.2, 0.25) is 5.91 Å². The smallest absolute Gasteiger partial charge is 0.228 e. The van der Waals surface area contributed by atoms with Crippen LogP contribution in [0.2, 0.25) is 0 Å². The number of hydrogen-bond donors (Lipinski definition) is 1. The van der Waals surface area contributed by atoms with E-state index in [-0.39, 0.29) is 23.7 Å². The molecule has 1 N–H and O–H groups in total. The van der Waals surface area contributed by atoms with Crippen molar-refractivity contribution in [2.75, 3.05) is 18.0 Å². The molecule has 1 aliphatic heterocycles. The first-order chi connectivity index (χ1) is 20.0. The Bertz CT molecular complexity index is 1530. The van der Waals surface area contributed by atoms with Crippen molar-refractivity contribution < 1.29 is 9.59 Å². The molecule has 1 atom stereocenters. The molecule has 4 aromatic rings. The van der Waals surface area contributed by atoms with Gasteiger partial charge < -0.3 is 10.2 Å². The Morgan fingerprint density at radius 3 is 2.22 bits per heavy atom. The number of rotatable bonds is 8. The maximum atomic E-state index is 13.5. The molecule has 0 radical (unpaired) electrons. The van der Waals surface area contributed by atoms with Gasteiger partial charge in [-0.2, -0.15) is 0 Å². The maximum absolute atomic E-state index is 13.5. The van der Waals surface area contributed by atoms with Crippen LogP contribution in [0.1, 0.15) is 65.2 Å². The number of nitrogens with zero attached hydrogens (tertiary/aromatic N) is 1. The van der Waals surface area contributed by atoms with Crippen LogP contribution in [-0.4, -0.2) is 30.8 Å². The monoisotopic (exact) mass is 542 g/mol. The molecule has 1 fully saturated rings. The van der Waals surface area contributed by atoms with Gasteiger partial charge in [-0.25, -0.2) is 0 Å². The van der Waals surface area contributed by atoms with Crippen LogP contribution in [0.3, 0.4) is 0 Å². The van der Waals surface area contributed by atoms with E-state index < -0.39 is 0 Å². The summed E-state index contributed by atoms with van der Waals surface area (Å²) in [5.41, 5.74) is 8.99. The third kappa shape index (κ3) is 5.69. The lowest BCUT2D eigenvalue weighted by atomic mass is 9.79. The largest absolute Gasteiger partial charge is 0.372 e. The van der Waals surface area contributed by atoms with E-state index in [9.17, 15) is 9.59 Å². The van der Waals surface area contributed by atoms with Gasteiger partial charge >= 0.3 is 0 Å². The van der Waals surface area contributed by atoms with Gasteiger partial charge in [-0.3, -0.25) is 9.59 Å². The zero-order chi connectivity index (χ0) is 28.3. The first-order valence-corrected chi connectivity index (χ1v) is 14.9. The third-order valence-corrected chi connectivity index (χ3v) is 8.67. The van der Waals surface area contributed by atoms with E-state index in [1.165, 1.54) is 22.4 Å². The second-order valence-electron chi connectivity index (χ2n) is 11.8. The van der Waals surface area contributed by atoms with E-state index in [1.807, 2.05) is 44.2 Å². The highest BCUT2D eigenvalue weighted by Crippen LogP contribution is 2.39. The van der Waals surface area contributed by atoms with E-state index in [4.69, 9.17) is 0 Å². The number of amides is 1. The molecule has 6 rings (SSSR count). The van der Waals surface area contributed by atoms with E-state index in [0.29, 0.717) is 12.3 Å². The number of hydrogen-bond acceptors (Lipinski definition) is 3. The van der Waals surface area contributed by atoms with Gasteiger partial charge in [-0.15, -0.1) is 0 Å². The molecule has 1 amide bonds. The molecule has 2 aliphatic rings. The van der Waals surface area contributed by atoms with Gasteiger partial charge in [0.15, 0.2) is 5.78 Å². The fourth-order valence-electron chi connectivity index (χ4n) is 6.69. The molecule has 1 heterocycles. The SMILES string of the molecule is CC(C)NC(=O)C(c1ccccc1)C1CCN(c2ccc(CC(=O)c3cccc4c3-c3ccccc3C4)cc2)CC1. The summed E-state index contributed by atoms with van der Waals surface area (Å²) >= 11 is 0. The summed E-state index contributed by atoms with van der Waals surface area (Å²) < 4.78 is 0. The Balaban J connectivity index is 1.11. The first kappa shape index (κ1) is 27.0. The number of nitrogens with one attached hydrogen (secondary N) is 1. The van der Waals surface area contributed by atoms with Gasteiger partial charge in [-0.1, -0.05) is 84.9 Å². The lowest BCUT2D eigenvalue weighted by Gasteiger charge is -2.37. The Kier molecular flexibility index (Phi) is 7.74. The highest BCUT2D eigenvalue weighted by atomic mass is 16.2. The second kappa shape index (κ2) is 11.7. The Hall–Kier alpha value is -4.18. The average Bonchev–Trinajstić information content (AvgIpc) is 3.37. The molecule has 1 unspecified atom stereocenters. The summed E-state index contributed by atoms with van der Waals surface area (Å²) in [6.45, 7) is 5.87. The number of anilines is 1. The van der Waals surface area contributed by atoms with E-state index in [0.717, 1.165) is 54.6 Å². The molecule has 0 saturated carbocycles. The Labute approximate surface area is 243 Å². The van der Waals surface area contributed by atoms with Gasteiger partial charge in [0, 0.05) is 36.8 Å². The fraction of sp³-hybridized carbons (Fsp3) is 0.297. The van der Waals surface area contributed by atoms with Crippen LogP contribution < -0.4 is 10.2 Å². The number of Topliss-reactive ketones (excluding diaryl/α,β-unsaturated/α-hetero) is 1. The summed E-state index contributed by atoms with van der Waals surface area (Å²) in [4.78, 5) is 29.1. The Morgan fingerprint density at radius 2 is 1.49 bits per heavy atom. The van der Waals surface area contributed by atoms with Gasteiger partial charge in [-0.05, 0) is 84.5 Å². The van der Waals surface area contributed by atoms with E-state index in [2.05, 4.69) is 76.9 Å². The predicted octanol–water partition coefficient (Wildman–Crippen LogP) is 7.21. The molecule has 0 bridgehead atoms. The average molecular weight is 543 g/mol. The zero-order valence-electron chi connectivity index (χ0n) is 24.0. The van der Waals surface area contributed by atoms with Crippen LogP contribution in [0.4, 0.5) is 5.69 Å². The minimum Gasteiger partial charge on any atom is -0.372 e. The molecule has 1 aliphatic carbocycles. The number of benzene rings is 4. The third-order valence-electron chi connectivity index (χ3n) is 8.67.